The highest BCUT2D eigenvalue weighted by atomic mass is 35.5. The van der Waals surface area contributed by atoms with E-state index in [9.17, 15) is 0 Å². The molecule has 0 saturated heterocycles. The van der Waals surface area contributed by atoms with Crippen LogP contribution in [0.4, 0.5) is 0 Å². The molecule has 0 aliphatic carbocycles. The summed E-state index contributed by atoms with van der Waals surface area (Å²) in [5, 5.41) is 5.67. The first kappa shape index (κ1) is 13.1. The second kappa shape index (κ2) is 6.55. The van der Waals surface area contributed by atoms with E-state index in [0.717, 1.165) is 23.7 Å². The fourth-order valence-corrected chi connectivity index (χ4v) is 3.74. The first-order valence-corrected chi connectivity index (χ1v) is 7.88. The molecule has 1 unspecified atom stereocenters. The van der Waals surface area contributed by atoms with Crippen molar-refractivity contribution in [1.82, 2.24) is 5.32 Å². The van der Waals surface area contributed by atoms with Gasteiger partial charge in [-0.2, -0.15) is 0 Å². The molecule has 17 heavy (non-hydrogen) atoms. The fraction of sp³-hybridized carbons (Fsp3) is 0.385. The largest absolute Gasteiger partial charge is 0.310 e. The van der Waals surface area contributed by atoms with Gasteiger partial charge in [0.2, 0.25) is 0 Å². The molecule has 2 heterocycles. The molecule has 0 saturated carbocycles. The second-order valence-corrected chi connectivity index (χ2v) is 6.65. The van der Waals surface area contributed by atoms with E-state index in [-0.39, 0.29) is 0 Å². The van der Waals surface area contributed by atoms with Crippen molar-refractivity contribution in [2.24, 2.45) is 0 Å². The van der Waals surface area contributed by atoms with E-state index in [4.69, 9.17) is 11.6 Å². The van der Waals surface area contributed by atoms with Crippen LogP contribution in [0, 0.1) is 0 Å². The average molecular weight is 286 g/mol. The molecule has 2 aromatic rings. The first-order chi connectivity index (χ1) is 8.29. The Morgan fingerprint density at radius 3 is 2.82 bits per heavy atom. The van der Waals surface area contributed by atoms with E-state index in [2.05, 4.69) is 35.8 Å². The molecule has 2 rings (SSSR count). The minimum Gasteiger partial charge on any atom is -0.310 e. The van der Waals surface area contributed by atoms with Crippen molar-refractivity contribution in [2.45, 2.75) is 25.8 Å². The molecule has 0 aromatic carbocycles. The maximum Gasteiger partial charge on any atom is 0.0931 e. The zero-order valence-electron chi connectivity index (χ0n) is 9.78. The lowest BCUT2D eigenvalue weighted by molar-refractivity contribution is 0.524. The van der Waals surface area contributed by atoms with Crippen molar-refractivity contribution in [3.8, 4) is 0 Å². The average Bonchev–Trinajstić information content (AvgIpc) is 2.95. The van der Waals surface area contributed by atoms with Gasteiger partial charge < -0.3 is 5.32 Å². The standard InChI is InChI=1S/C13H16ClNS2/c1-2-15-11(12-7-8-13(14)17-12)6-5-10-4-3-9-16-10/h3-4,7-9,11,15H,2,5-6H2,1H3. The number of halogens is 1. The molecule has 0 fully saturated rings. The molecule has 4 heteroatoms. The maximum absolute atomic E-state index is 6.00. The molecule has 0 bridgehead atoms. The van der Waals surface area contributed by atoms with Crippen molar-refractivity contribution in [3.63, 3.8) is 0 Å². The van der Waals surface area contributed by atoms with Gasteiger partial charge in [0.15, 0.2) is 0 Å². The number of rotatable bonds is 6. The van der Waals surface area contributed by atoms with Crippen LogP contribution in [0.25, 0.3) is 0 Å². The van der Waals surface area contributed by atoms with Gasteiger partial charge in [0.05, 0.1) is 4.34 Å². The Bertz CT molecular complexity index is 436. The van der Waals surface area contributed by atoms with Crippen molar-refractivity contribution >= 4 is 34.3 Å². The predicted octanol–water partition coefficient (Wildman–Crippen LogP) is 4.75. The highest BCUT2D eigenvalue weighted by molar-refractivity contribution is 7.16. The number of thiophene rings is 2. The fourth-order valence-electron chi connectivity index (χ4n) is 1.85. The van der Waals surface area contributed by atoms with Crippen LogP contribution in [0.2, 0.25) is 4.34 Å². The third-order valence-corrected chi connectivity index (χ3v) is 4.93. The van der Waals surface area contributed by atoms with E-state index in [1.165, 1.54) is 9.75 Å². The summed E-state index contributed by atoms with van der Waals surface area (Å²) in [6.45, 7) is 3.14. The van der Waals surface area contributed by atoms with Crippen LogP contribution < -0.4 is 5.32 Å². The van der Waals surface area contributed by atoms with Gasteiger partial charge >= 0.3 is 0 Å². The Morgan fingerprint density at radius 1 is 1.35 bits per heavy atom. The first-order valence-electron chi connectivity index (χ1n) is 5.80. The Kier molecular flexibility index (Phi) is 5.04. The molecule has 1 N–H and O–H groups in total. The zero-order chi connectivity index (χ0) is 12.1. The molecular weight excluding hydrogens is 270 g/mol. The third kappa shape index (κ3) is 3.81. The SMILES string of the molecule is CCNC(CCc1cccs1)c1ccc(Cl)s1. The van der Waals surface area contributed by atoms with Gasteiger partial charge in [-0.25, -0.2) is 0 Å². The number of hydrogen-bond acceptors (Lipinski definition) is 3. The Balaban J connectivity index is 1.97. The van der Waals surface area contributed by atoms with E-state index < -0.39 is 0 Å². The Labute approximate surface area is 115 Å². The molecule has 2 aromatic heterocycles. The molecule has 1 nitrogen and oxygen atoms in total. The molecule has 0 aliphatic rings. The van der Waals surface area contributed by atoms with Crippen LogP contribution in [0.1, 0.15) is 29.1 Å². The third-order valence-electron chi connectivity index (χ3n) is 2.65. The summed E-state index contributed by atoms with van der Waals surface area (Å²) in [7, 11) is 0. The normalized spacial score (nSPS) is 12.8. The van der Waals surface area contributed by atoms with Crippen molar-refractivity contribution in [1.29, 1.82) is 0 Å². The van der Waals surface area contributed by atoms with Crippen molar-refractivity contribution < 1.29 is 0 Å². The van der Waals surface area contributed by atoms with Crippen molar-refractivity contribution in [3.05, 3.63) is 43.7 Å². The van der Waals surface area contributed by atoms with Crippen LogP contribution in [0.5, 0.6) is 0 Å². The van der Waals surface area contributed by atoms with Gasteiger partial charge in [0, 0.05) is 15.8 Å². The monoisotopic (exact) mass is 285 g/mol. The summed E-state index contributed by atoms with van der Waals surface area (Å²) >= 11 is 9.51. The number of hydrogen-bond donors (Lipinski definition) is 1. The summed E-state index contributed by atoms with van der Waals surface area (Å²) in [4.78, 5) is 2.80. The summed E-state index contributed by atoms with van der Waals surface area (Å²) in [5.41, 5.74) is 0. The highest BCUT2D eigenvalue weighted by Crippen LogP contribution is 2.29. The van der Waals surface area contributed by atoms with Gasteiger partial charge in [-0.15, -0.1) is 22.7 Å². The predicted molar refractivity (Wildman–Crippen MR) is 78.4 cm³/mol. The quantitative estimate of drug-likeness (QED) is 0.808. The van der Waals surface area contributed by atoms with Gasteiger partial charge in [0.25, 0.3) is 0 Å². The van der Waals surface area contributed by atoms with E-state index in [1.807, 2.05) is 17.4 Å². The highest BCUT2D eigenvalue weighted by Gasteiger charge is 2.12. The van der Waals surface area contributed by atoms with E-state index in [1.54, 1.807) is 11.3 Å². The number of nitrogens with one attached hydrogen (secondary N) is 1. The van der Waals surface area contributed by atoms with Crippen LogP contribution in [0.15, 0.2) is 29.6 Å². The molecular formula is C13H16ClNS2. The topological polar surface area (TPSA) is 12.0 Å². The zero-order valence-corrected chi connectivity index (χ0v) is 12.2. The lowest BCUT2D eigenvalue weighted by Crippen LogP contribution is -2.20. The maximum atomic E-state index is 6.00. The van der Waals surface area contributed by atoms with Crippen LogP contribution >= 0.6 is 34.3 Å². The minimum absolute atomic E-state index is 0.430. The smallest absolute Gasteiger partial charge is 0.0931 e. The Morgan fingerprint density at radius 2 is 2.24 bits per heavy atom. The minimum atomic E-state index is 0.430. The molecule has 0 aliphatic heterocycles. The van der Waals surface area contributed by atoms with Crippen LogP contribution in [-0.4, -0.2) is 6.54 Å². The van der Waals surface area contributed by atoms with Crippen LogP contribution in [0.3, 0.4) is 0 Å². The van der Waals surface area contributed by atoms with Gasteiger partial charge in [-0.3, -0.25) is 0 Å². The van der Waals surface area contributed by atoms with Crippen molar-refractivity contribution in [2.75, 3.05) is 6.54 Å². The van der Waals surface area contributed by atoms with E-state index in [0.29, 0.717) is 6.04 Å². The molecule has 92 valence electrons. The van der Waals surface area contributed by atoms with E-state index >= 15 is 0 Å². The lowest BCUT2D eigenvalue weighted by Gasteiger charge is -2.15. The molecule has 1 atom stereocenters. The summed E-state index contributed by atoms with van der Waals surface area (Å²) < 4.78 is 0.874. The summed E-state index contributed by atoms with van der Waals surface area (Å²) in [6.07, 6.45) is 2.26. The second-order valence-electron chi connectivity index (χ2n) is 3.87. The Hall–Kier alpha value is -0.350. The molecule has 0 radical (unpaired) electrons. The summed E-state index contributed by atoms with van der Waals surface area (Å²) in [6, 6.07) is 8.87. The number of aryl methyl sites for hydroxylation is 1. The van der Waals surface area contributed by atoms with Gasteiger partial charge in [-0.05, 0) is 43.0 Å². The summed E-state index contributed by atoms with van der Waals surface area (Å²) in [5.74, 6) is 0. The van der Waals surface area contributed by atoms with Crippen LogP contribution in [-0.2, 0) is 6.42 Å². The molecule has 0 amide bonds. The van der Waals surface area contributed by atoms with Gasteiger partial charge in [-0.1, -0.05) is 24.6 Å². The molecule has 0 spiro atoms. The van der Waals surface area contributed by atoms with Gasteiger partial charge in [0.1, 0.15) is 0 Å². The lowest BCUT2D eigenvalue weighted by atomic mass is 10.1.